The largest absolute Gasteiger partial charge is 0.478 e. The minimum atomic E-state index is -0.951. The van der Waals surface area contributed by atoms with Gasteiger partial charge in [0.25, 0.3) is 0 Å². The van der Waals surface area contributed by atoms with E-state index in [0.717, 1.165) is 11.1 Å². The Labute approximate surface area is 112 Å². The van der Waals surface area contributed by atoms with Crippen molar-refractivity contribution in [3.63, 3.8) is 0 Å². The van der Waals surface area contributed by atoms with Gasteiger partial charge in [-0.2, -0.15) is 0 Å². The van der Waals surface area contributed by atoms with Gasteiger partial charge in [-0.1, -0.05) is 35.9 Å². The molecular weight excluding hydrogens is 303 g/mol. The molecule has 1 N–H and O–H groups in total. The summed E-state index contributed by atoms with van der Waals surface area (Å²) in [5, 5.41) is 9.68. The maximum atomic E-state index is 11.0. The first-order valence-corrected chi connectivity index (χ1v) is 6.04. The van der Waals surface area contributed by atoms with E-state index >= 15 is 0 Å². The number of carboxylic acids is 1. The van der Waals surface area contributed by atoms with E-state index in [1.54, 1.807) is 24.3 Å². The molecule has 0 bridgehead atoms. The van der Waals surface area contributed by atoms with Crippen LogP contribution >= 0.6 is 27.5 Å². The summed E-state index contributed by atoms with van der Waals surface area (Å²) in [7, 11) is 0. The molecule has 0 aliphatic carbocycles. The fourth-order valence-electron chi connectivity index (χ4n) is 1.55. The van der Waals surface area contributed by atoms with Crippen LogP contribution in [0.3, 0.4) is 0 Å². The summed E-state index contributed by atoms with van der Waals surface area (Å²) in [6.45, 7) is 0. The second-order valence-electron chi connectivity index (χ2n) is 3.48. The standard InChI is InChI=1S/C13H8BrClO2/c14-12-10(2-1-3-11(12)13(16)17)8-4-6-9(15)7-5-8/h1-7H,(H,16,17). The van der Waals surface area contributed by atoms with Crippen LogP contribution in [0.25, 0.3) is 11.1 Å². The molecule has 0 saturated heterocycles. The van der Waals surface area contributed by atoms with Gasteiger partial charge >= 0.3 is 5.97 Å². The lowest BCUT2D eigenvalue weighted by Gasteiger charge is -2.07. The van der Waals surface area contributed by atoms with Gasteiger partial charge < -0.3 is 5.11 Å². The summed E-state index contributed by atoms with van der Waals surface area (Å²) < 4.78 is 0.579. The van der Waals surface area contributed by atoms with Crippen molar-refractivity contribution in [2.75, 3.05) is 0 Å². The van der Waals surface area contributed by atoms with Crippen molar-refractivity contribution in [1.82, 2.24) is 0 Å². The van der Waals surface area contributed by atoms with Crippen LogP contribution in [0.4, 0.5) is 0 Å². The number of aromatic carboxylic acids is 1. The Bertz CT molecular complexity index is 564. The molecule has 0 amide bonds. The minimum absolute atomic E-state index is 0.248. The van der Waals surface area contributed by atoms with E-state index in [2.05, 4.69) is 15.9 Å². The number of benzene rings is 2. The first kappa shape index (κ1) is 12.1. The first-order chi connectivity index (χ1) is 8.09. The van der Waals surface area contributed by atoms with Gasteiger partial charge in [-0.25, -0.2) is 4.79 Å². The summed E-state index contributed by atoms with van der Waals surface area (Å²) in [6, 6.07) is 12.4. The molecule has 2 aromatic carbocycles. The van der Waals surface area contributed by atoms with E-state index in [1.165, 1.54) is 0 Å². The van der Waals surface area contributed by atoms with Gasteiger partial charge in [0.05, 0.1) is 5.56 Å². The van der Waals surface area contributed by atoms with Crippen molar-refractivity contribution in [3.8, 4) is 11.1 Å². The molecule has 0 fully saturated rings. The Balaban J connectivity index is 2.56. The molecule has 0 aliphatic heterocycles. The molecule has 0 saturated carbocycles. The van der Waals surface area contributed by atoms with Crippen molar-refractivity contribution < 1.29 is 9.90 Å². The molecule has 86 valence electrons. The normalized spacial score (nSPS) is 10.2. The third-order valence-electron chi connectivity index (χ3n) is 2.38. The van der Waals surface area contributed by atoms with Crippen LogP contribution in [-0.2, 0) is 0 Å². The Morgan fingerprint density at radius 1 is 1.12 bits per heavy atom. The zero-order valence-electron chi connectivity index (χ0n) is 8.65. The Kier molecular flexibility index (Phi) is 3.50. The van der Waals surface area contributed by atoms with E-state index < -0.39 is 5.97 Å². The Morgan fingerprint density at radius 2 is 1.76 bits per heavy atom. The highest BCUT2D eigenvalue weighted by Crippen LogP contribution is 2.31. The van der Waals surface area contributed by atoms with Gasteiger partial charge in [-0.05, 0) is 45.3 Å². The molecule has 2 rings (SSSR count). The van der Waals surface area contributed by atoms with Crippen LogP contribution in [0.2, 0.25) is 5.02 Å². The van der Waals surface area contributed by atoms with E-state index in [1.807, 2.05) is 18.2 Å². The number of hydrogen-bond donors (Lipinski definition) is 1. The molecule has 0 unspecified atom stereocenters. The smallest absolute Gasteiger partial charge is 0.336 e. The molecule has 0 aliphatic rings. The van der Waals surface area contributed by atoms with Crippen LogP contribution < -0.4 is 0 Å². The summed E-state index contributed by atoms with van der Waals surface area (Å²) >= 11 is 9.14. The molecule has 2 nitrogen and oxygen atoms in total. The van der Waals surface area contributed by atoms with Crippen LogP contribution in [0.5, 0.6) is 0 Å². The highest BCUT2D eigenvalue weighted by atomic mass is 79.9. The van der Waals surface area contributed by atoms with E-state index in [0.29, 0.717) is 9.50 Å². The summed E-state index contributed by atoms with van der Waals surface area (Å²) in [4.78, 5) is 11.0. The van der Waals surface area contributed by atoms with Crippen molar-refractivity contribution in [1.29, 1.82) is 0 Å². The van der Waals surface area contributed by atoms with E-state index in [4.69, 9.17) is 16.7 Å². The van der Waals surface area contributed by atoms with Gasteiger partial charge in [-0.3, -0.25) is 0 Å². The van der Waals surface area contributed by atoms with Crippen molar-refractivity contribution in [2.45, 2.75) is 0 Å². The topological polar surface area (TPSA) is 37.3 Å². The number of hydrogen-bond acceptors (Lipinski definition) is 1. The SMILES string of the molecule is O=C(O)c1cccc(-c2ccc(Cl)cc2)c1Br. The lowest BCUT2D eigenvalue weighted by Crippen LogP contribution is -1.98. The van der Waals surface area contributed by atoms with Crippen LogP contribution in [0, 0.1) is 0 Å². The number of carbonyl (C=O) groups is 1. The maximum absolute atomic E-state index is 11.0. The Hall–Kier alpha value is -1.32. The van der Waals surface area contributed by atoms with Crippen LogP contribution in [-0.4, -0.2) is 11.1 Å². The highest BCUT2D eigenvalue weighted by Gasteiger charge is 2.12. The second kappa shape index (κ2) is 4.90. The highest BCUT2D eigenvalue weighted by molar-refractivity contribution is 9.10. The summed E-state index contributed by atoms with van der Waals surface area (Å²) in [6.07, 6.45) is 0. The van der Waals surface area contributed by atoms with Gasteiger partial charge in [0, 0.05) is 9.50 Å². The fraction of sp³-hybridized carbons (Fsp3) is 0. The molecule has 0 spiro atoms. The average Bonchev–Trinajstić information content (AvgIpc) is 2.30. The second-order valence-corrected chi connectivity index (χ2v) is 4.71. The predicted molar refractivity (Wildman–Crippen MR) is 71.5 cm³/mol. The molecule has 0 radical (unpaired) electrons. The van der Waals surface area contributed by atoms with Crippen molar-refractivity contribution in [3.05, 3.63) is 57.5 Å². The minimum Gasteiger partial charge on any atom is -0.478 e. The first-order valence-electron chi connectivity index (χ1n) is 4.87. The lowest BCUT2D eigenvalue weighted by atomic mass is 10.0. The number of carboxylic acid groups (broad SMARTS) is 1. The predicted octanol–water partition coefficient (Wildman–Crippen LogP) is 4.47. The van der Waals surface area contributed by atoms with Crippen LogP contribution in [0.1, 0.15) is 10.4 Å². The summed E-state index contributed by atoms with van der Waals surface area (Å²) in [5.41, 5.74) is 2.00. The molecule has 0 aromatic heterocycles. The molecule has 2 aromatic rings. The number of rotatable bonds is 2. The van der Waals surface area contributed by atoms with E-state index in [9.17, 15) is 4.79 Å². The summed E-state index contributed by atoms with van der Waals surface area (Å²) in [5.74, 6) is -0.951. The zero-order chi connectivity index (χ0) is 12.4. The van der Waals surface area contributed by atoms with Crippen molar-refractivity contribution >= 4 is 33.5 Å². The maximum Gasteiger partial charge on any atom is 0.336 e. The molecule has 0 atom stereocenters. The van der Waals surface area contributed by atoms with Crippen molar-refractivity contribution in [2.24, 2.45) is 0 Å². The van der Waals surface area contributed by atoms with Gasteiger partial charge in [0.2, 0.25) is 0 Å². The van der Waals surface area contributed by atoms with Gasteiger partial charge in [0.15, 0.2) is 0 Å². The molecule has 4 heteroatoms. The third kappa shape index (κ3) is 2.51. The average molecular weight is 312 g/mol. The van der Waals surface area contributed by atoms with E-state index in [-0.39, 0.29) is 5.56 Å². The quantitative estimate of drug-likeness (QED) is 0.888. The fourth-order valence-corrected chi connectivity index (χ4v) is 2.34. The zero-order valence-corrected chi connectivity index (χ0v) is 11.0. The molecule has 17 heavy (non-hydrogen) atoms. The lowest BCUT2D eigenvalue weighted by molar-refractivity contribution is 0.0696. The van der Waals surface area contributed by atoms with Gasteiger partial charge in [-0.15, -0.1) is 0 Å². The van der Waals surface area contributed by atoms with Crippen LogP contribution in [0.15, 0.2) is 46.9 Å². The third-order valence-corrected chi connectivity index (χ3v) is 3.49. The number of halogens is 2. The molecular formula is C13H8BrClO2. The molecule has 0 heterocycles. The van der Waals surface area contributed by atoms with Gasteiger partial charge in [0.1, 0.15) is 0 Å². The Morgan fingerprint density at radius 3 is 2.35 bits per heavy atom. The monoisotopic (exact) mass is 310 g/mol.